The van der Waals surface area contributed by atoms with Gasteiger partial charge in [0.2, 0.25) is 0 Å². The zero-order valence-electron chi connectivity index (χ0n) is 9.36. The van der Waals surface area contributed by atoms with E-state index in [1.165, 1.54) is 0 Å². The van der Waals surface area contributed by atoms with E-state index in [2.05, 4.69) is 16.9 Å². The van der Waals surface area contributed by atoms with Crippen molar-refractivity contribution in [1.82, 2.24) is 9.88 Å². The average Bonchev–Trinajstić information content (AvgIpc) is 2.57. The van der Waals surface area contributed by atoms with Crippen molar-refractivity contribution >= 4 is 11.3 Å². The maximum absolute atomic E-state index is 10.4. The van der Waals surface area contributed by atoms with E-state index in [9.17, 15) is 5.11 Å². The minimum Gasteiger partial charge on any atom is -0.389 e. The quantitative estimate of drug-likeness (QED) is 0.829. The number of hydrogen-bond donors (Lipinski definition) is 1. The second-order valence-corrected chi connectivity index (χ2v) is 5.53. The van der Waals surface area contributed by atoms with Gasteiger partial charge in [-0.2, -0.15) is 0 Å². The average molecular weight is 226 g/mol. The predicted molar refractivity (Wildman–Crippen MR) is 62.2 cm³/mol. The molecule has 1 aliphatic heterocycles. The molecule has 0 spiro atoms. The summed E-state index contributed by atoms with van der Waals surface area (Å²) < 4.78 is 0. The molecule has 0 amide bonds. The molecule has 2 heterocycles. The summed E-state index contributed by atoms with van der Waals surface area (Å²) in [4.78, 5) is 6.68. The molecule has 1 aromatic heterocycles. The second kappa shape index (κ2) is 4.20. The van der Waals surface area contributed by atoms with Gasteiger partial charge in [0, 0.05) is 30.6 Å². The van der Waals surface area contributed by atoms with Gasteiger partial charge in [0.15, 0.2) is 0 Å². The van der Waals surface area contributed by atoms with Gasteiger partial charge >= 0.3 is 0 Å². The van der Waals surface area contributed by atoms with Crippen molar-refractivity contribution in [2.45, 2.75) is 31.8 Å². The minimum atomic E-state index is -0.517. The first-order valence-electron chi connectivity index (χ1n) is 5.39. The number of likely N-dealkylation sites (tertiary alicyclic amines) is 1. The molecule has 0 radical (unpaired) electrons. The number of hydrogen-bond acceptors (Lipinski definition) is 4. The molecule has 1 N–H and O–H groups in total. The highest BCUT2D eigenvalue weighted by Crippen LogP contribution is 2.26. The highest BCUT2D eigenvalue weighted by atomic mass is 32.1. The van der Waals surface area contributed by atoms with Gasteiger partial charge in [-0.25, -0.2) is 4.98 Å². The van der Waals surface area contributed by atoms with Gasteiger partial charge in [0.05, 0.1) is 10.6 Å². The van der Waals surface area contributed by atoms with E-state index >= 15 is 0 Å². The smallest absolute Gasteiger partial charge is 0.0956 e. The van der Waals surface area contributed by atoms with Crippen LogP contribution in [0.25, 0.3) is 0 Å². The number of nitrogens with zero attached hydrogens (tertiary/aromatic N) is 2. The van der Waals surface area contributed by atoms with Crippen molar-refractivity contribution in [2.75, 3.05) is 20.1 Å². The summed E-state index contributed by atoms with van der Waals surface area (Å²) in [7, 11) is 2.10. The van der Waals surface area contributed by atoms with Crippen LogP contribution in [0, 0.1) is 6.92 Å². The summed E-state index contributed by atoms with van der Waals surface area (Å²) in [6.07, 6.45) is 2.45. The standard InChI is InChI=1S/C11H18N2OS/c1-9-8-15-10(12-9)7-11(14)3-5-13(2)6-4-11/h8,14H,3-7H2,1-2H3. The van der Waals surface area contributed by atoms with E-state index in [0.29, 0.717) is 0 Å². The molecule has 0 unspecified atom stereocenters. The maximum atomic E-state index is 10.4. The Labute approximate surface area is 94.8 Å². The van der Waals surface area contributed by atoms with Crippen molar-refractivity contribution in [3.8, 4) is 0 Å². The zero-order chi connectivity index (χ0) is 10.9. The van der Waals surface area contributed by atoms with Gasteiger partial charge in [-0.05, 0) is 26.8 Å². The first-order valence-corrected chi connectivity index (χ1v) is 6.27. The number of thiazole rings is 1. The van der Waals surface area contributed by atoms with Gasteiger partial charge in [0.25, 0.3) is 0 Å². The van der Waals surface area contributed by atoms with E-state index in [1.807, 2.05) is 12.3 Å². The number of aryl methyl sites for hydroxylation is 1. The third-order valence-corrected chi connectivity index (χ3v) is 4.03. The summed E-state index contributed by atoms with van der Waals surface area (Å²) in [5.74, 6) is 0. The number of rotatable bonds is 2. The highest BCUT2D eigenvalue weighted by Gasteiger charge is 2.32. The van der Waals surface area contributed by atoms with Gasteiger partial charge < -0.3 is 10.0 Å². The monoisotopic (exact) mass is 226 g/mol. The minimum absolute atomic E-state index is 0.517. The summed E-state index contributed by atoms with van der Waals surface area (Å²) in [6.45, 7) is 3.97. The van der Waals surface area contributed by atoms with Crippen LogP contribution in [-0.4, -0.2) is 40.7 Å². The second-order valence-electron chi connectivity index (χ2n) is 4.59. The Kier molecular flexibility index (Phi) is 3.09. The molecule has 84 valence electrons. The number of aromatic nitrogens is 1. The first-order chi connectivity index (χ1) is 7.07. The van der Waals surface area contributed by atoms with Crippen molar-refractivity contribution in [3.05, 3.63) is 16.1 Å². The molecule has 0 atom stereocenters. The van der Waals surface area contributed by atoms with Gasteiger partial charge in [0.1, 0.15) is 0 Å². The molecule has 15 heavy (non-hydrogen) atoms. The lowest BCUT2D eigenvalue weighted by atomic mass is 9.89. The molecule has 0 aliphatic carbocycles. The van der Waals surface area contributed by atoms with Crippen molar-refractivity contribution in [1.29, 1.82) is 0 Å². The van der Waals surface area contributed by atoms with E-state index in [4.69, 9.17) is 0 Å². The Bertz CT molecular complexity index is 329. The topological polar surface area (TPSA) is 36.4 Å². The maximum Gasteiger partial charge on any atom is 0.0956 e. The van der Waals surface area contributed by atoms with Gasteiger partial charge in [-0.3, -0.25) is 0 Å². The van der Waals surface area contributed by atoms with Gasteiger partial charge in [-0.15, -0.1) is 11.3 Å². The lowest BCUT2D eigenvalue weighted by molar-refractivity contribution is -0.0150. The van der Waals surface area contributed by atoms with E-state index < -0.39 is 5.60 Å². The molecule has 2 rings (SSSR count). The van der Waals surface area contributed by atoms with E-state index in [-0.39, 0.29) is 0 Å². The number of aliphatic hydroxyl groups is 1. The van der Waals surface area contributed by atoms with Crippen LogP contribution in [0.2, 0.25) is 0 Å². The first kappa shape index (κ1) is 11.0. The summed E-state index contributed by atoms with van der Waals surface area (Å²) >= 11 is 1.66. The fraction of sp³-hybridized carbons (Fsp3) is 0.727. The van der Waals surface area contributed by atoms with Crippen LogP contribution in [0.3, 0.4) is 0 Å². The zero-order valence-corrected chi connectivity index (χ0v) is 10.2. The Hall–Kier alpha value is -0.450. The van der Waals surface area contributed by atoms with Crippen LogP contribution >= 0.6 is 11.3 Å². The molecule has 0 aromatic carbocycles. The Balaban J connectivity index is 1.99. The van der Waals surface area contributed by atoms with Crippen LogP contribution < -0.4 is 0 Å². The lowest BCUT2D eigenvalue weighted by Gasteiger charge is -2.36. The summed E-state index contributed by atoms with van der Waals surface area (Å²) in [6, 6.07) is 0. The predicted octanol–water partition coefficient (Wildman–Crippen LogP) is 1.45. The fourth-order valence-corrected chi connectivity index (χ4v) is 2.88. The van der Waals surface area contributed by atoms with Crippen LogP contribution in [-0.2, 0) is 6.42 Å². The van der Waals surface area contributed by atoms with Crippen molar-refractivity contribution < 1.29 is 5.11 Å². The molecular formula is C11H18N2OS. The molecule has 0 saturated carbocycles. The third kappa shape index (κ3) is 2.77. The Morgan fingerprint density at radius 2 is 2.20 bits per heavy atom. The van der Waals surface area contributed by atoms with Crippen LogP contribution in [0.4, 0.5) is 0 Å². The largest absolute Gasteiger partial charge is 0.389 e. The van der Waals surface area contributed by atoms with Gasteiger partial charge in [-0.1, -0.05) is 0 Å². The van der Waals surface area contributed by atoms with Crippen molar-refractivity contribution in [2.24, 2.45) is 0 Å². The SMILES string of the molecule is Cc1csc(CC2(O)CCN(C)CC2)n1. The van der Waals surface area contributed by atoms with E-state index in [0.717, 1.165) is 43.1 Å². The lowest BCUT2D eigenvalue weighted by Crippen LogP contribution is -2.44. The molecule has 4 heteroatoms. The normalized spacial score (nSPS) is 21.8. The molecule has 1 aromatic rings. The molecule has 1 saturated heterocycles. The molecular weight excluding hydrogens is 208 g/mol. The Morgan fingerprint density at radius 1 is 1.53 bits per heavy atom. The number of piperidine rings is 1. The van der Waals surface area contributed by atoms with Crippen LogP contribution in [0.15, 0.2) is 5.38 Å². The third-order valence-electron chi connectivity index (χ3n) is 3.06. The summed E-state index contributed by atoms with van der Waals surface area (Å²) in [5.41, 5.74) is 0.545. The fourth-order valence-electron chi connectivity index (χ4n) is 1.98. The molecule has 1 aliphatic rings. The molecule has 1 fully saturated rings. The van der Waals surface area contributed by atoms with Crippen LogP contribution in [0.5, 0.6) is 0 Å². The molecule has 0 bridgehead atoms. The summed E-state index contributed by atoms with van der Waals surface area (Å²) in [5, 5.41) is 13.5. The Morgan fingerprint density at radius 3 is 2.73 bits per heavy atom. The van der Waals surface area contributed by atoms with Crippen molar-refractivity contribution in [3.63, 3.8) is 0 Å². The van der Waals surface area contributed by atoms with Crippen LogP contribution in [0.1, 0.15) is 23.5 Å². The highest BCUT2D eigenvalue weighted by molar-refractivity contribution is 7.09. The molecule has 3 nitrogen and oxygen atoms in total. The van der Waals surface area contributed by atoms with E-state index in [1.54, 1.807) is 11.3 Å².